The molecule has 4 heterocycles. The highest BCUT2D eigenvalue weighted by Crippen LogP contribution is 2.26. The smallest absolute Gasteiger partial charge is 0.159 e. The van der Waals surface area contributed by atoms with Crippen LogP contribution in [0.2, 0.25) is 0 Å². The van der Waals surface area contributed by atoms with Crippen molar-refractivity contribution in [2.24, 2.45) is 0 Å². The molecule has 0 spiro atoms. The highest BCUT2D eigenvalue weighted by atomic mass is 16.1. The number of aromatic nitrogens is 4. The van der Waals surface area contributed by atoms with Crippen LogP contribution in [-0.4, -0.2) is 95.0 Å². The molecule has 6 aromatic rings. The minimum atomic E-state index is 0.0622. The summed E-state index contributed by atoms with van der Waals surface area (Å²) < 4.78 is 4.16. The van der Waals surface area contributed by atoms with Crippen LogP contribution in [-0.2, 0) is 0 Å². The van der Waals surface area contributed by atoms with Crippen LogP contribution < -0.4 is 15.1 Å². The SMILES string of the molecule is CC(=O)c1ccc2c(c1)ncn2-c1cccc(N2CCN(C)CC2)c1.CC(=O)c1ccc2c(c1)ncn2-c1cccc(N2CCNCC2)c1. The predicted octanol–water partition coefficient (Wildman–Crippen LogP) is 5.62. The topological polar surface area (TPSA) is 91.5 Å². The summed E-state index contributed by atoms with van der Waals surface area (Å²) in [5, 5.41) is 3.38. The number of fused-ring (bicyclic) bond motifs is 2. The molecule has 10 nitrogen and oxygen atoms in total. The van der Waals surface area contributed by atoms with Crippen LogP contribution in [0.25, 0.3) is 33.4 Å². The number of hydrogen-bond acceptors (Lipinski definition) is 8. The summed E-state index contributed by atoms with van der Waals surface area (Å²) in [6, 6.07) is 28.5. The van der Waals surface area contributed by atoms with Crippen LogP contribution in [0.3, 0.4) is 0 Å². The van der Waals surface area contributed by atoms with E-state index in [2.05, 4.69) is 94.7 Å². The second-order valence-electron chi connectivity index (χ2n) is 12.8. The Kier molecular flexibility index (Phi) is 9.23. The molecule has 250 valence electrons. The molecule has 0 atom stereocenters. The van der Waals surface area contributed by atoms with Gasteiger partial charge in [0.2, 0.25) is 0 Å². The van der Waals surface area contributed by atoms with Crippen molar-refractivity contribution in [2.45, 2.75) is 13.8 Å². The Morgan fingerprint density at radius 1 is 0.571 bits per heavy atom. The lowest BCUT2D eigenvalue weighted by Gasteiger charge is -2.34. The fourth-order valence-corrected chi connectivity index (χ4v) is 6.54. The number of imidazole rings is 2. The molecular formula is C39H42N8O2. The molecule has 0 amide bonds. The van der Waals surface area contributed by atoms with Crippen LogP contribution in [0.15, 0.2) is 97.6 Å². The first-order valence-electron chi connectivity index (χ1n) is 16.9. The van der Waals surface area contributed by atoms with Crippen molar-refractivity contribution in [3.05, 3.63) is 109 Å². The molecule has 2 aliphatic rings. The molecule has 10 heteroatoms. The first-order valence-corrected chi connectivity index (χ1v) is 16.9. The van der Waals surface area contributed by atoms with E-state index in [0.717, 1.165) is 85.8 Å². The minimum Gasteiger partial charge on any atom is -0.369 e. The highest BCUT2D eigenvalue weighted by molar-refractivity contribution is 5.98. The van der Waals surface area contributed by atoms with Gasteiger partial charge < -0.3 is 20.0 Å². The Labute approximate surface area is 286 Å². The Hall–Kier alpha value is -5.32. The van der Waals surface area contributed by atoms with Crippen molar-refractivity contribution < 1.29 is 9.59 Å². The standard InChI is InChI=1S/C20H22N4O.C19H20N4O/c1-15(25)16-6-7-20-19(12-16)21-14-24(20)18-5-3-4-17(13-18)23-10-8-22(2)9-11-23;1-14(24)15-5-6-19-18(11-15)21-13-23(19)17-4-2-3-16(12-17)22-9-7-20-8-10-22/h3-7,12-14H,8-11H2,1-2H3;2-6,11-13,20H,7-10H2,1H3. The molecule has 0 bridgehead atoms. The third-order valence-corrected chi connectivity index (χ3v) is 9.47. The lowest BCUT2D eigenvalue weighted by atomic mass is 10.1. The van der Waals surface area contributed by atoms with Gasteiger partial charge in [0.25, 0.3) is 0 Å². The quantitative estimate of drug-likeness (QED) is 0.232. The molecule has 4 aromatic carbocycles. The Morgan fingerprint density at radius 2 is 1.02 bits per heavy atom. The van der Waals surface area contributed by atoms with Gasteiger partial charge in [-0.1, -0.05) is 12.1 Å². The number of ketones is 2. The molecule has 8 rings (SSSR count). The summed E-state index contributed by atoms with van der Waals surface area (Å²) in [5.41, 5.74) is 9.76. The second-order valence-corrected chi connectivity index (χ2v) is 12.8. The van der Waals surface area contributed by atoms with E-state index >= 15 is 0 Å². The van der Waals surface area contributed by atoms with E-state index in [4.69, 9.17) is 0 Å². The molecule has 0 saturated carbocycles. The number of piperazine rings is 2. The Morgan fingerprint density at radius 3 is 1.49 bits per heavy atom. The maximum Gasteiger partial charge on any atom is 0.159 e. The number of nitrogens with zero attached hydrogens (tertiary/aromatic N) is 7. The first kappa shape index (κ1) is 32.2. The van der Waals surface area contributed by atoms with E-state index in [-0.39, 0.29) is 11.6 Å². The van der Waals surface area contributed by atoms with E-state index in [1.165, 1.54) is 11.4 Å². The van der Waals surface area contributed by atoms with Crippen LogP contribution in [0.5, 0.6) is 0 Å². The van der Waals surface area contributed by atoms with Crippen LogP contribution in [0.1, 0.15) is 34.6 Å². The van der Waals surface area contributed by atoms with Gasteiger partial charge >= 0.3 is 0 Å². The van der Waals surface area contributed by atoms with Gasteiger partial charge in [-0.3, -0.25) is 18.7 Å². The molecular weight excluding hydrogens is 612 g/mol. The van der Waals surface area contributed by atoms with Gasteiger partial charge in [0.05, 0.1) is 22.1 Å². The zero-order valence-corrected chi connectivity index (χ0v) is 28.3. The highest BCUT2D eigenvalue weighted by Gasteiger charge is 2.16. The van der Waals surface area contributed by atoms with Crippen LogP contribution in [0, 0.1) is 0 Å². The fraction of sp³-hybridized carbons (Fsp3) is 0.282. The number of benzene rings is 4. The maximum atomic E-state index is 11.6. The van der Waals surface area contributed by atoms with Gasteiger partial charge in [-0.15, -0.1) is 0 Å². The fourth-order valence-electron chi connectivity index (χ4n) is 6.54. The normalized spacial score (nSPS) is 15.3. The van der Waals surface area contributed by atoms with Gasteiger partial charge in [0, 0.05) is 86.2 Å². The van der Waals surface area contributed by atoms with Crippen LogP contribution >= 0.6 is 0 Å². The summed E-state index contributed by atoms with van der Waals surface area (Å²) in [5.74, 6) is 0.126. The summed E-state index contributed by atoms with van der Waals surface area (Å²) in [6.07, 6.45) is 3.66. The summed E-state index contributed by atoms with van der Waals surface area (Å²) in [7, 11) is 2.17. The summed E-state index contributed by atoms with van der Waals surface area (Å²) in [4.78, 5) is 39.2. The van der Waals surface area contributed by atoms with E-state index in [9.17, 15) is 9.59 Å². The average molecular weight is 655 g/mol. The predicted molar refractivity (Wildman–Crippen MR) is 197 cm³/mol. The van der Waals surface area contributed by atoms with Crippen molar-refractivity contribution in [3.8, 4) is 11.4 Å². The number of anilines is 2. The van der Waals surface area contributed by atoms with Gasteiger partial charge in [0.1, 0.15) is 12.7 Å². The molecule has 2 aromatic heterocycles. The van der Waals surface area contributed by atoms with Crippen molar-refractivity contribution in [2.75, 3.05) is 69.2 Å². The van der Waals surface area contributed by atoms with Gasteiger partial charge in [-0.2, -0.15) is 0 Å². The van der Waals surface area contributed by atoms with Crippen molar-refractivity contribution in [1.82, 2.24) is 29.3 Å². The van der Waals surface area contributed by atoms with Crippen molar-refractivity contribution in [1.29, 1.82) is 0 Å². The molecule has 2 fully saturated rings. The number of likely N-dealkylation sites (N-methyl/N-ethyl adjacent to an activating group) is 1. The monoisotopic (exact) mass is 654 g/mol. The third kappa shape index (κ3) is 6.97. The summed E-state index contributed by atoms with van der Waals surface area (Å²) in [6.45, 7) is 11.5. The largest absolute Gasteiger partial charge is 0.369 e. The van der Waals surface area contributed by atoms with E-state index in [1.807, 2.05) is 49.1 Å². The third-order valence-electron chi connectivity index (χ3n) is 9.47. The number of rotatable bonds is 6. The van der Waals surface area contributed by atoms with E-state index < -0.39 is 0 Å². The average Bonchev–Trinajstić information content (AvgIpc) is 3.77. The number of carbonyl (C=O) groups is 2. The maximum absolute atomic E-state index is 11.6. The Balaban J connectivity index is 0.000000154. The Bertz CT molecular complexity index is 2120. The zero-order chi connectivity index (χ0) is 33.9. The van der Waals surface area contributed by atoms with Gasteiger partial charge in [-0.25, -0.2) is 9.97 Å². The van der Waals surface area contributed by atoms with E-state index in [1.54, 1.807) is 13.8 Å². The number of nitrogens with one attached hydrogen (secondary N) is 1. The number of hydrogen-bond donors (Lipinski definition) is 1. The van der Waals surface area contributed by atoms with Crippen molar-refractivity contribution >= 4 is 45.0 Å². The lowest BCUT2D eigenvalue weighted by molar-refractivity contribution is 0.100. The first-order chi connectivity index (χ1) is 23.8. The zero-order valence-electron chi connectivity index (χ0n) is 28.3. The number of Topliss-reactive ketones (excluding diaryl/α,β-unsaturated/α-hetero) is 2. The molecule has 2 saturated heterocycles. The molecule has 49 heavy (non-hydrogen) atoms. The summed E-state index contributed by atoms with van der Waals surface area (Å²) >= 11 is 0. The lowest BCUT2D eigenvalue weighted by Crippen LogP contribution is -2.44. The molecule has 0 unspecified atom stereocenters. The second kappa shape index (κ2) is 14.0. The van der Waals surface area contributed by atoms with E-state index in [0.29, 0.717) is 11.1 Å². The van der Waals surface area contributed by atoms with Gasteiger partial charge in [0.15, 0.2) is 11.6 Å². The molecule has 2 aliphatic heterocycles. The molecule has 1 N–H and O–H groups in total. The number of carbonyl (C=O) groups excluding carboxylic acids is 2. The van der Waals surface area contributed by atoms with Crippen molar-refractivity contribution in [3.63, 3.8) is 0 Å². The minimum absolute atomic E-state index is 0.0622. The van der Waals surface area contributed by atoms with Gasteiger partial charge in [-0.05, 0) is 93.7 Å². The van der Waals surface area contributed by atoms with Crippen LogP contribution in [0.4, 0.5) is 11.4 Å². The molecule has 0 aliphatic carbocycles. The molecule has 0 radical (unpaired) electrons.